The predicted octanol–water partition coefficient (Wildman–Crippen LogP) is 1.85. The second-order valence-corrected chi connectivity index (χ2v) is 6.34. The van der Waals surface area contributed by atoms with E-state index in [2.05, 4.69) is 11.9 Å². The number of ketones is 1. The van der Waals surface area contributed by atoms with Gasteiger partial charge in [0.15, 0.2) is 0 Å². The van der Waals surface area contributed by atoms with Gasteiger partial charge in [-0.25, -0.2) is 9.59 Å². The molecule has 0 spiro atoms. The topological polar surface area (TPSA) is 119 Å². The van der Waals surface area contributed by atoms with Gasteiger partial charge in [-0.2, -0.15) is 0 Å². The zero-order valence-corrected chi connectivity index (χ0v) is 14.1. The molecule has 0 aliphatic heterocycles. The maximum Gasteiger partial charge on any atom is 0.408 e. The van der Waals surface area contributed by atoms with Crippen LogP contribution in [0.25, 0.3) is 0 Å². The number of Topliss-reactive ketones (excluding diaryl/α,β-unsaturated/α-hetero) is 1. The number of ether oxygens (including phenoxy) is 1. The van der Waals surface area contributed by atoms with E-state index >= 15 is 0 Å². The number of carboxylic acids is 1. The molecule has 0 bridgehead atoms. The standard InChI is InChI=1S/C16H28N2O5/c1-5-6-7-13(19)11(8-9-17)10-12(14(20)21)18-15(22)23-16(2,3)4/h5,11-12H,1,6-10,17H2,2-4H3,(H,18,22)(H,20,21)/t11?,12-/m0/s1. The van der Waals surface area contributed by atoms with Crippen LogP contribution < -0.4 is 11.1 Å². The number of hydrogen-bond acceptors (Lipinski definition) is 5. The molecule has 1 amide bonds. The molecule has 0 aromatic carbocycles. The molecule has 0 aliphatic carbocycles. The van der Waals surface area contributed by atoms with Gasteiger partial charge in [0.25, 0.3) is 0 Å². The molecule has 0 radical (unpaired) electrons. The number of carbonyl (C=O) groups is 3. The van der Waals surface area contributed by atoms with Gasteiger partial charge in [-0.15, -0.1) is 6.58 Å². The average molecular weight is 328 g/mol. The Bertz CT molecular complexity index is 429. The Hall–Kier alpha value is -1.89. The molecule has 132 valence electrons. The summed E-state index contributed by atoms with van der Waals surface area (Å²) in [6.07, 6.45) is 1.97. The van der Waals surface area contributed by atoms with Gasteiger partial charge in [0.1, 0.15) is 17.4 Å². The summed E-state index contributed by atoms with van der Waals surface area (Å²) in [6, 6.07) is -1.20. The fraction of sp³-hybridized carbons (Fsp3) is 0.688. The van der Waals surface area contributed by atoms with E-state index in [1.807, 2.05) is 0 Å². The summed E-state index contributed by atoms with van der Waals surface area (Å²) in [6.45, 7) is 8.86. The Labute approximate surface area is 137 Å². The van der Waals surface area contributed by atoms with Gasteiger partial charge in [0, 0.05) is 12.3 Å². The van der Waals surface area contributed by atoms with Crippen molar-refractivity contribution >= 4 is 17.8 Å². The summed E-state index contributed by atoms with van der Waals surface area (Å²) in [7, 11) is 0. The number of alkyl carbamates (subject to hydrolysis) is 1. The highest BCUT2D eigenvalue weighted by Crippen LogP contribution is 2.16. The third-order valence-corrected chi connectivity index (χ3v) is 3.07. The summed E-state index contributed by atoms with van der Waals surface area (Å²) < 4.78 is 5.05. The largest absolute Gasteiger partial charge is 0.480 e. The first kappa shape index (κ1) is 21.1. The van der Waals surface area contributed by atoms with E-state index < -0.39 is 29.6 Å². The minimum atomic E-state index is -1.21. The number of allylic oxidation sites excluding steroid dienone is 1. The average Bonchev–Trinajstić information content (AvgIpc) is 2.41. The number of hydrogen-bond donors (Lipinski definition) is 3. The maximum atomic E-state index is 12.1. The molecule has 23 heavy (non-hydrogen) atoms. The van der Waals surface area contributed by atoms with E-state index in [0.29, 0.717) is 12.8 Å². The fourth-order valence-electron chi connectivity index (χ4n) is 2.02. The van der Waals surface area contributed by atoms with Crippen molar-refractivity contribution in [2.75, 3.05) is 6.54 Å². The Morgan fingerprint density at radius 1 is 1.35 bits per heavy atom. The lowest BCUT2D eigenvalue weighted by Gasteiger charge is -2.24. The van der Waals surface area contributed by atoms with E-state index in [1.54, 1.807) is 26.8 Å². The Morgan fingerprint density at radius 2 is 1.96 bits per heavy atom. The second kappa shape index (κ2) is 9.99. The van der Waals surface area contributed by atoms with Crippen molar-refractivity contribution < 1.29 is 24.2 Å². The number of carboxylic acid groups (broad SMARTS) is 1. The highest BCUT2D eigenvalue weighted by atomic mass is 16.6. The summed E-state index contributed by atoms with van der Waals surface area (Å²) in [5.74, 6) is -1.81. The molecule has 0 aromatic heterocycles. The predicted molar refractivity (Wildman–Crippen MR) is 87.0 cm³/mol. The van der Waals surface area contributed by atoms with Crippen molar-refractivity contribution in [3.8, 4) is 0 Å². The lowest BCUT2D eigenvalue weighted by atomic mass is 9.90. The SMILES string of the molecule is C=CCCC(=O)C(CCN)C[C@H](NC(=O)OC(C)(C)C)C(=O)O. The molecule has 0 saturated heterocycles. The maximum absolute atomic E-state index is 12.1. The summed E-state index contributed by atoms with van der Waals surface area (Å²) in [5.41, 5.74) is 4.77. The first-order chi connectivity index (χ1) is 10.6. The van der Waals surface area contributed by atoms with Crippen molar-refractivity contribution in [2.45, 2.75) is 58.1 Å². The molecule has 1 unspecified atom stereocenters. The number of carbonyl (C=O) groups excluding carboxylic acids is 2. The molecule has 2 atom stereocenters. The van der Waals surface area contributed by atoms with Crippen LogP contribution in [0.15, 0.2) is 12.7 Å². The molecule has 0 aromatic rings. The highest BCUT2D eigenvalue weighted by Gasteiger charge is 2.29. The first-order valence-electron chi connectivity index (χ1n) is 7.66. The van der Waals surface area contributed by atoms with Crippen LogP contribution in [0.2, 0.25) is 0 Å². The summed E-state index contributed by atoms with van der Waals surface area (Å²) in [5, 5.41) is 11.6. The third kappa shape index (κ3) is 9.67. The van der Waals surface area contributed by atoms with Crippen molar-refractivity contribution in [1.82, 2.24) is 5.32 Å². The van der Waals surface area contributed by atoms with Crippen molar-refractivity contribution in [3.05, 3.63) is 12.7 Å². The van der Waals surface area contributed by atoms with E-state index in [9.17, 15) is 19.5 Å². The zero-order chi connectivity index (χ0) is 18.0. The van der Waals surface area contributed by atoms with Gasteiger partial charge < -0.3 is 20.9 Å². The van der Waals surface area contributed by atoms with Gasteiger partial charge >= 0.3 is 12.1 Å². The minimum Gasteiger partial charge on any atom is -0.480 e. The quantitative estimate of drug-likeness (QED) is 0.527. The molecule has 0 heterocycles. The molecule has 0 saturated carbocycles. The number of amides is 1. The van der Waals surface area contributed by atoms with Crippen molar-refractivity contribution in [3.63, 3.8) is 0 Å². The Kier molecular flexibility index (Phi) is 9.17. The molecule has 4 N–H and O–H groups in total. The molecule has 7 heteroatoms. The van der Waals surface area contributed by atoms with E-state index in [0.717, 1.165) is 0 Å². The van der Waals surface area contributed by atoms with Crippen LogP contribution in [0.3, 0.4) is 0 Å². The molecular formula is C16H28N2O5. The van der Waals surface area contributed by atoms with Crippen LogP contribution in [-0.4, -0.2) is 41.1 Å². The van der Waals surface area contributed by atoms with Crippen molar-refractivity contribution in [1.29, 1.82) is 0 Å². The normalized spacial score (nSPS) is 13.7. The van der Waals surface area contributed by atoms with Gasteiger partial charge in [-0.05, 0) is 46.6 Å². The van der Waals surface area contributed by atoms with Crippen molar-refractivity contribution in [2.24, 2.45) is 11.7 Å². The van der Waals surface area contributed by atoms with Crippen LogP contribution in [0, 0.1) is 5.92 Å². The second-order valence-electron chi connectivity index (χ2n) is 6.34. The smallest absolute Gasteiger partial charge is 0.408 e. The van der Waals surface area contributed by atoms with E-state index in [4.69, 9.17) is 10.5 Å². The number of rotatable bonds is 10. The summed E-state index contributed by atoms with van der Waals surface area (Å²) in [4.78, 5) is 35.2. The van der Waals surface area contributed by atoms with Gasteiger partial charge in [0.05, 0.1) is 0 Å². The lowest BCUT2D eigenvalue weighted by Crippen LogP contribution is -2.45. The first-order valence-corrected chi connectivity index (χ1v) is 7.66. The monoisotopic (exact) mass is 328 g/mol. The van der Waals surface area contributed by atoms with Gasteiger partial charge in [0.2, 0.25) is 0 Å². The zero-order valence-electron chi connectivity index (χ0n) is 14.1. The van der Waals surface area contributed by atoms with Crippen LogP contribution in [-0.2, 0) is 14.3 Å². The molecule has 7 nitrogen and oxygen atoms in total. The van der Waals surface area contributed by atoms with E-state index in [1.165, 1.54) is 0 Å². The lowest BCUT2D eigenvalue weighted by molar-refractivity contribution is -0.140. The number of aliphatic carboxylic acids is 1. The van der Waals surface area contributed by atoms with Crippen LogP contribution in [0.1, 0.15) is 46.5 Å². The number of nitrogens with two attached hydrogens (primary N) is 1. The minimum absolute atomic E-state index is 0.0122. The summed E-state index contributed by atoms with van der Waals surface area (Å²) >= 11 is 0. The Balaban J connectivity index is 4.85. The van der Waals surface area contributed by atoms with Gasteiger partial charge in [-0.1, -0.05) is 6.08 Å². The molecule has 0 rings (SSSR count). The van der Waals surface area contributed by atoms with Crippen LogP contribution >= 0.6 is 0 Å². The fourth-order valence-corrected chi connectivity index (χ4v) is 2.02. The highest BCUT2D eigenvalue weighted by molar-refractivity contribution is 5.84. The molecule has 0 fully saturated rings. The van der Waals surface area contributed by atoms with Gasteiger partial charge in [-0.3, -0.25) is 4.79 Å². The van der Waals surface area contributed by atoms with E-state index in [-0.39, 0.29) is 25.2 Å². The van der Waals surface area contributed by atoms with Crippen LogP contribution in [0.5, 0.6) is 0 Å². The Morgan fingerprint density at radius 3 is 2.39 bits per heavy atom. The molecular weight excluding hydrogens is 300 g/mol. The third-order valence-electron chi connectivity index (χ3n) is 3.07. The van der Waals surface area contributed by atoms with Crippen LogP contribution in [0.4, 0.5) is 4.79 Å². The number of nitrogens with one attached hydrogen (secondary N) is 1. The molecule has 0 aliphatic rings.